The zero-order valence-electron chi connectivity index (χ0n) is 10.3. The van der Waals surface area contributed by atoms with Crippen molar-refractivity contribution < 1.29 is 0 Å². The van der Waals surface area contributed by atoms with Gasteiger partial charge in [0.1, 0.15) is 18.1 Å². The molecule has 0 fully saturated rings. The van der Waals surface area contributed by atoms with Gasteiger partial charge in [0.2, 0.25) is 0 Å². The number of rotatable bonds is 2. The lowest BCUT2D eigenvalue weighted by atomic mass is 10.2. The molecule has 0 spiro atoms. The number of nitrogens with zero attached hydrogens (tertiary/aromatic N) is 6. The van der Waals surface area contributed by atoms with Crippen LogP contribution >= 0.6 is 0 Å². The van der Waals surface area contributed by atoms with Crippen molar-refractivity contribution in [3.05, 3.63) is 48.5 Å². The molecule has 0 unspecified atom stereocenters. The van der Waals surface area contributed by atoms with Crippen molar-refractivity contribution in [3.8, 4) is 23.4 Å². The van der Waals surface area contributed by atoms with E-state index in [1.165, 1.54) is 23.3 Å². The second-order valence-electron chi connectivity index (χ2n) is 3.99. The molecule has 0 saturated carbocycles. The van der Waals surface area contributed by atoms with E-state index in [9.17, 15) is 0 Å². The van der Waals surface area contributed by atoms with E-state index in [2.05, 4.69) is 20.1 Å². The monoisotopic (exact) mass is 263 g/mol. The van der Waals surface area contributed by atoms with Crippen LogP contribution in [-0.4, -0.2) is 24.7 Å². The molecule has 0 amide bonds. The second kappa shape index (κ2) is 4.78. The first-order valence-electron chi connectivity index (χ1n) is 5.77. The standard InChI is InChI=1S/C13H9N7/c14-7-11-5-6-16-13(18-11)20-8-17-12(19-20)9-1-3-10(15)4-2-9/h1-6,8H,15H2. The average Bonchev–Trinajstić information content (AvgIpc) is 2.98. The fourth-order valence-electron chi connectivity index (χ4n) is 1.64. The van der Waals surface area contributed by atoms with Crippen molar-refractivity contribution in [3.63, 3.8) is 0 Å². The van der Waals surface area contributed by atoms with Crippen LogP contribution in [-0.2, 0) is 0 Å². The SMILES string of the molecule is N#Cc1ccnc(-n2cnc(-c3ccc(N)cc3)n2)n1. The molecule has 0 aliphatic carbocycles. The Morgan fingerprint density at radius 2 is 1.90 bits per heavy atom. The summed E-state index contributed by atoms with van der Waals surface area (Å²) in [5.74, 6) is 0.842. The first kappa shape index (κ1) is 11.8. The Morgan fingerprint density at radius 1 is 1.10 bits per heavy atom. The molecule has 0 radical (unpaired) electrons. The van der Waals surface area contributed by atoms with Crippen LogP contribution in [0.2, 0.25) is 0 Å². The summed E-state index contributed by atoms with van der Waals surface area (Å²) in [6.45, 7) is 0. The van der Waals surface area contributed by atoms with Gasteiger partial charge in [-0.25, -0.2) is 15.0 Å². The summed E-state index contributed by atoms with van der Waals surface area (Å²) in [6, 6.07) is 10.7. The van der Waals surface area contributed by atoms with Crippen molar-refractivity contribution in [1.82, 2.24) is 24.7 Å². The van der Waals surface area contributed by atoms with Crippen molar-refractivity contribution in [1.29, 1.82) is 5.26 Å². The summed E-state index contributed by atoms with van der Waals surface area (Å²) in [7, 11) is 0. The van der Waals surface area contributed by atoms with E-state index in [0.29, 0.717) is 17.5 Å². The van der Waals surface area contributed by atoms with Gasteiger partial charge in [0.25, 0.3) is 5.95 Å². The summed E-state index contributed by atoms with van der Waals surface area (Å²) >= 11 is 0. The predicted octanol–water partition coefficient (Wildman–Crippen LogP) is 1.18. The molecule has 2 aromatic heterocycles. The molecule has 20 heavy (non-hydrogen) atoms. The summed E-state index contributed by atoms with van der Waals surface area (Å²) in [5, 5.41) is 13.1. The van der Waals surface area contributed by atoms with Crippen LogP contribution in [0.1, 0.15) is 5.69 Å². The molecular weight excluding hydrogens is 254 g/mol. The molecule has 3 aromatic rings. The molecule has 96 valence electrons. The zero-order chi connectivity index (χ0) is 13.9. The van der Waals surface area contributed by atoms with Gasteiger partial charge in [-0.1, -0.05) is 0 Å². The summed E-state index contributed by atoms with van der Waals surface area (Å²) in [6.07, 6.45) is 3.01. The Bertz CT molecular complexity index is 783. The Kier molecular flexibility index (Phi) is 2.82. The smallest absolute Gasteiger partial charge is 0.253 e. The van der Waals surface area contributed by atoms with Gasteiger partial charge in [-0.2, -0.15) is 9.94 Å². The molecule has 1 aromatic carbocycles. The first-order valence-corrected chi connectivity index (χ1v) is 5.77. The van der Waals surface area contributed by atoms with Gasteiger partial charge in [0.05, 0.1) is 0 Å². The second-order valence-corrected chi connectivity index (χ2v) is 3.99. The van der Waals surface area contributed by atoms with Gasteiger partial charge < -0.3 is 5.73 Å². The number of anilines is 1. The Labute approximate surface area is 114 Å². The van der Waals surface area contributed by atoms with Crippen LogP contribution in [0, 0.1) is 11.3 Å². The molecule has 0 saturated heterocycles. The van der Waals surface area contributed by atoms with Crippen LogP contribution in [0.15, 0.2) is 42.9 Å². The van der Waals surface area contributed by atoms with E-state index < -0.39 is 0 Å². The van der Waals surface area contributed by atoms with Crippen LogP contribution in [0.5, 0.6) is 0 Å². The van der Waals surface area contributed by atoms with Crippen LogP contribution in [0.3, 0.4) is 0 Å². The van der Waals surface area contributed by atoms with Gasteiger partial charge >= 0.3 is 0 Å². The van der Waals surface area contributed by atoms with Crippen LogP contribution < -0.4 is 5.73 Å². The molecule has 7 heteroatoms. The summed E-state index contributed by atoms with van der Waals surface area (Å²) < 4.78 is 1.42. The molecule has 2 N–H and O–H groups in total. The third kappa shape index (κ3) is 2.18. The summed E-state index contributed by atoms with van der Waals surface area (Å²) in [4.78, 5) is 12.3. The lowest BCUT2D eigenvalue weighted by Crippen LogP contribution is -2.02. The quantitative estimate of drug-likeness (QED) is 0.696. The van der Waals surface area contributed by atoms with Gasteiger partial charge in [-0.3, -0.25) is 0 Å². The highest BCUT2D eigenvalue weighted by Crippen LogP contribution is 2.16. The maximum absolute atomic E-state index is 8.82. The highest BCUT2D eigenvalue weighted by atomic mass is 15.4. The highest BCUT2D eigenvalue weighted by molar-refractivity contribution is 5.58. The van der Waals surface area contributed by atoms with E-state index in [1.807, 2.05) is 18.2 Å². The predicted molar refractivity (Wildman–Crippen MR) is 71.5 cm³/mol. The molecule has 3 rings (SSSR count). The van der Waals surface area contributed by atoms with Gasteiger partial charge in [0, 0.05) is 17.4 Å². The normalized spacial score (nSPS) is 10.2. The fraction of sp³-hybridized carbons (Fsp3) is 0. The third-order valence-corrected chi connectivity index (χ3v) is 2.62. The number of aromatic nitrogens is 5. The Hall–Kier alpha value is -3.27. The molecule has 0 bridgehead atoms. The molecule has 0 aliphatic heterocycles. The highest BCUT2D eigenvalue weighted by Gasteiger charge is 2.07. The molecule has 0 atom stereocenters. The van der Waals surface area contributed by atoms with Crippen LogP contribution in [0.4, 0.5) is 5.69 Å². The van der Waals surface area contributed by atoms with Crippen molar-refractivity contribution in [2.75, 3.05) is 5.73 Å². The minimum atomic E-state index is 0.277. The van der Waals surface area contributed by atoms with E-state index in [1.54, 1.807) is 12.1 Å². The minimum absolute atomic E-state index is 0.277. The minimum Gasteiger partial charge on any atom is -0.399 e. The van der Waals surface area contributed by atoms with Crippen LogP contribution in [0.25, 0.3) is 17.3 Å². The molecule has 7 nitrogen and oxygen atoms in total. The maximum Gasteiger partial charge on any atom is 0.253 e. The number of hydrogen-bond donors (Lipinski definition) is 1. The number of nitrogens with two attached hydrogens (primary N) is 1. The van der Waals surface area contributed by atoms with Gasteiger partial charge in [-0.05, 0) is 30.3 Å². The summed E-state index contributed by atoms with van der Waals surface area (Å²) in [5.41, 5.74) is 7.43. The largest absolute Gasteiger partial charge is 0.399 e. The van der Waals surface area contributed by atoms with Crippen molar-refractivity contribution in [2.45, 2.75) is 0 Å². The Balaban J connectivity index is 1.97. The number of nitrogen functional groups attached to an aromatic ring is 1. The van der Waals surface area contributed by atoms with Gasteiger partial charge in [-0.15, -0.1) is 5.10 Å². The third-order valence-electron chi connectivity index (χ3n) is 2.62. The topological polar surface area (TPSA) is 106 Å². The lowest BCUT2D eigenvalue weighted by molar-refractivity contribution is 0.806. The zero-order valence-corrected chi connectivity index (χ0v) is 10.3. The number of hydrogen-bond acceptors (Lipinski definition) is 6. The average molecular weight is 263 g/mol. The maximum atomic E-state index is 8.82. The first-order chi connectivity index (χ1) is 9.76. The van der Waals surface area contributed by atoms with E-state index in [0.717, 1.165) is 5.56 Å². The van der Waals surface area contributed by atoms with Crippen molar-refractivity contribution in [2.24, 2.45) is 0 Å². The Morgan fingerprint density at radius 3 is 2.65 bits per heavy atom. The fourth-order valence-corrected chi connectivity index (χ4v) is 1.64. The molecule has 2 heterocycles. The van der Waals surface area contributed by atoms with Gasteiger partial charge in [0.15, 0.2) is 5.82 Å². The number of nitriles is 1. The van der Waals surface area contributed by atoms with E-state index in [-0.39, 0.29) is 5.69 Å². The van der Waals surface area contributed by atoms with Crippen molar-refractivity contribution >= 4 is 5.69 Å². The molecular formula is C13H9N7. The lowest BCUT2D eigenvalue weighted by Gasteiger charge is -1.98. The number of benzene rings is 1. The van der Waals surface area contributed by atoms with E-state index >= 15 is 0 Å². The molecule has 0 aliphatic rings. The van der Waals surface area contributed by atoms with E-state index in [4.69, 9.17) is 11.0 Å².